The van der Waals surface area contributed by atoms with Crippen molar-refractivity contribution in [1.29, 1.82) is 0 Å². The van der Waals surface area contributed by atoms with Crippen LogP contribution in [-0.4, -0.2) is 71.2 Å². The number of rotatable bonds is 8. The quantitative estimate of drug-likeness (QED) is 0.662. The molecular formula is C18H27NO6. The minimum absolute atomic E-state index is 0.186. The summed E-state index contributed by atoms with van der Waals surface area (Å²) in [6.07, 6.45) is 0.588. The topological polar surface area (TPSA) is 66.5 Å². The Labute approximate surface area is 148 Å². The van der Waals surface area contributed by atoms with Gasteiger partial charge in [0.1, 0.15) is 6.10 Å². The van der Waals surface area contributed by atoms with E-state index in [-0.39, 0.29) is 6.10 Å². The lowest BCUT2D eigenvalue weighted by atomic mass is 10.1. The number of hydrogen-bond acceptors (Lipinski definition) is 7. The summed E-state index contributed by atoms with van der Waals surface area (Å²) in [5.41, 5.74) is 0.368. The summed E-state index contributed by atoms with van der Waals surface area (Å²) in [6, 6.07) is 3.19. The van der Waals surface area contributed by atoms with Crippen molar-refractivity contribution in [3.8, 4) is 17.2 Å². The average molecular weight is 353 g/mol. The van der Waals surface area contributed by atoms with Gasteiger partial charge in [-0.1, -0.05) is 0 Å². The summed E-state index contributed by atoms with van der Waals surface area (Å²) in [6.45, 7) is 6.16. The highest BCUT2D eigenvalue weighted by Gasteiger charge is 2.20. The minimum atomic E-state index is -0.409. The third-order valence-corrected chi connectivity index (χ3v) is 4.16. The molecule has 0 N–H and O–H groups in total. The lowest BCUT2D eigenvalue weighted by Crippen LogP contribution is -2.38. The maximum atomic E-state index is 12.4. The van der Waals surface area contributed by atoms with E-state index < -0.39 is 5.97 Å². The number of morpholine rings is 1. The smallest absolute Gasteiger partial charge is 0.338 e. The summed E-state index contributed by atoms with van der Waals surface area (Å²) < 4.78 is 26.7. The second-order valence-electron chi connectivity index (χ2n) is 5.87. The van der Waals surface area contributed by atoms with Gasteiger partial charge in [0.05, 0.1) is 40.1 Å². The van der Waals surface area contributed by atoms with Gasteiger partial charge < -0.3 is 23.7 Å². The predicted octanol–water partition coefficient (Wildman–Crippen LogP) is 1.98. The molecule has 0 saturated carbocycles. The van der Waals surface area contributed by atoms with E-state index in [0.29, 0.717) is 22.8 Å². The van der Waals surface area contributed by atoms with Crippen LogP contribution in [0.15, 0.2) is 12.1 Å². The largest absolute Gasteiger partial charge is 0.493 e. The Hall–Kier alpha value is -1.99. The Morgan fingerprint density at radius 3 is 2.24 bits per heavy atom. The summed E-state index contributed by atoms with van der Waals surface area (Å²) in [5, 5.41) is 0. The minimum Gasteiger partial charge on any atom is -0.493 e. The molecule has 25 heavy (non-hydrogen) atoms. The molecule has 0 bridgehead atoms. The molecule has 1 heterocycles. The second kappa shape index (κ2) is 9.48. The third-order valence-electron chi connectivity index (χ3n) is 4.16. The van der Waals surface area contributed by atoms with E-state index in [4.69, 9.17) is 23.7 Å². The Morgan fingerprint density at radius 2 is 1.72 bits per heavy atom. The number of methoxy groups -OCH3 is 3. The molecule has 0 aliphatic carbocycles. The van der Waals surface area contributed by atoms with E-state index >= 15 is 0 Å². The number of ether oxygens (including phenoxy) is 5. The van der Waals surface area contributed by atoms with Crippen molar-refractivity contribution in [1.82, 2.24) is 4.90 Å². The van der Waals surface area contributed by atoms with E-state index in [9.17, 15) is 4.79 Å². The first-order valence-electron chi connectivity index (χ1n) is 8.40. The van der Waals surface area contributed by atoms with Gasteiger partial charge in [-0.15, -0.1) is 0 Å². The molecule has 7 heteroatoms. The van der Waals surface area contributed by atoms with Crippen molar-refractivity contribution < 1.29 is 28.5 Å². The molecule has 1 aliphatic heterocycles. The van der Waals surface area contributed by atoms with E-state index in [0.717, 1.165) is 39.3 Å². The van der Waals surface area contributed by atoms with Crippen molar-refractivity contribution >= 4 is 5.97 Å². The first-order valence-corrected chi connectivity index (χ1v) is 8.40. The predicted molar refractivity (Wildman–Crippen MR) is 92.9 cm³/mol. The van der Waals surface area contributed by atoms with Crippen LogP contribution in [0.1, 0.15) is 23.7 Å². The van der Waals surface area contributed by atoms with Crippen LogP contribution in [0.2, 0.25) is 0 Å². The zero-order valence-electron chi connectivity index (χ0n) is 15.4. The molecule has 1 fully saturated rings. The molecule has 0 radical (unpaired) electrons. The molecule has 0 aromatic heterocycles. The lowest BCUT2D eigenvalue weighted by molar-refractivity contribution is 0.0170. The van der Waals surface area contributed by atoms with E-state index in [1.54, 1.807) is 12.1 Å². The summed E-state index contributed by atoms with van der Waals surface area (Å²) in [4.78, 5) is 14.7. The maximum absolute atomic E-state index is 12.4. The summed E-state index contributed by atoms with van der Waals surface area (Å²) in [5.74, 6) is 0.889. The molecule has 140 valence electrons. The molecule has 1 aromatic rings. The number of nitrogens with zero attached hydrogens (tertiary/aromatic N) is 1. The molecule has 1 saturated heterocycles. The van der Waals surface area contributed by atoms with Crippen molar-refractivity contribution in [2.75, 3.05) is 54.2 Å². The van der Waals surface area contributed by atoms with Gasteiger partial charge in [0.25, 0.3) is 0 Å². The normalized spacial score (nSPS) is 16.2. The van der Waals surface area contributed by atoms with Crippen molar-refractivity contribution in [3.63, 3.8) is 0 Å². The Kier molecular flexibility index (Phi) is 7.33. The van der Waals surface area contributed by atoms with Crippen LogP contribution < -0.4 is 14.2 Å². The van der Waals surface area contributed by atoms with Crippen LogP contribution in [0.3, 0.4) is 0 Å². The van der Waals surface area contributed by atoms with Crippen LogP contribution in [0.4, 0.5) is 0 Å². The summed E-state index contributed by atoms with van der Waals surface area (Å²) >= 11 is 0. The van der Waals surface area contributed by atoms with Gasteiger partial charge in [-0.2, -0.15) is 0 Å². The van der Waals surface area contributed by atoms with E-state index in [1.165, 1.54) is 21.3 Å². The first-order chi connectivity index (χ1) is 12.1. The Balaban J connectivity index is 1.97. The average Bonchev–Trinajstić information content (AvgIpc) is 2.65. The van der Waals surface area contributed by atoms with Crippen molar-refractivity contribution in [2.24, 2.45) is 0 Å². The molecule has 0 amide bonds. The fraction of sp³-hybridized carbons (Fsp3) is 0.611. The number of carbonyl (C=O) groups is 1. The molecule has 7 nitrogen and oxygen atoms in total. The van der Waals surface area contributed by atoms with Gasteiger partial charge in [0, 0.05) is 19.6 Å². The number of hydrogen-bond donors (Lipinski definition) is 0. The highest BCUT2D eigenvalue weighted by molar-refractivity contribution is 5.91. The zero-order chi connectivity index (χ0) is 18.2. The number of benzene rings is 1. The van der Waals surface area contributed by atoms with Crippen LogP contribution >= 0.6 is 0 Å². The first kappa shape index (κ1) is 19.3. The number of carbonyl (C=O) groups excluding carboxylic acids is 1. The van der Waals surface area contributed by atoms with Crippen LogP contribution in [-0.2, 0) is 9.47 Å². The molecule has 1 aliphatic rings. The molecule has 1 unspecified atom stereocenters. The molecule has 1 atom stereocenters. The second-order valence-corrected chi connectivity index (χ2v) is 5.87. The monoisotopic (exact) mass is 353 g/mol. The van der Waals surface area contributed by atoms with Gasteiger partial charge in [-0.05, 0) is 25.5 Å². The fourth-order valence-corrected chi connectivity index (χ4v) is 2.70. The standard InChI is InChI=1S/C18H27NO6/c1-13(5-6-19-7-9-24-10-8-19)25-18(20)14-11-15(21-2)17(23-4)16(12-14)22-3/h11-13H,5-10H2,1-4H3. The van der Waals surface area contributed by atoms with Crippen molar-refractivity contribution in [3.05, 3.63) is 17.7 Å². The van der Waals surface area contributed by atoms with Gasteiger partial charge in [0.15, 0.2) is 11.5 Å². The maximum Gasteiger partial charge on any atom is 0.338 e. The van der Waals surface area contributed by atoms with Gasteiger partial charge >= 0.3 is 5.97 Å². The van der Waals surface area contributed by atoms with Crippen LogP contribution in [0.25, 0.3) is 0 Å². The SMILES string of the molecule is COc1cc(C(=O)OC(C)CCN2CCOCC2)cc(OC)c1OC. The Morgan fingerprint density at radius 1 is 1.12 bits per heavy atom. The molecule has 0 spiro atoms. The van der Waals surface area contributed by atoms with Gasteiger partial charge in [-0.3, -0.25) is 4.90 Å². The number of esters is 1. The van der Waals surface area contributed by atoms with E-state index in [1.807, 2.05) is 6.92 Å². The van der Waals surface area contributed by atoms with Crippen LogP contribution in [0.5, 0.6) is 17.2 Å². The molecule has 1 aromatic carbocycles. The summed E-state index contributed by atoms with van der Waals surface area (Å²) in [7, 11) is 4.54. The molecule has 2 rings (SSSR count). The van der Waals surface area contributed by atoms with Crippen molar-refractivity contribution in [2.45, 2.75) is 19.4 Å². The highest BCUT2D eigenvalue weighted by atomic mass is 16.5. The highest BCUT2D eigenvalue weighted by Crippen LogP contribution is 2.38. The van der Waals surface area contributed by atoms with Gasteiger partial charge in [0.2, 0.25) is 5.75 Å². The zero-order valence-corrected chi connectivity index (χ0v) is 15.4. The third kappa shape index (κ3) is 5.24. The van der Waals surface area contributed by atoms with Gasteiger partial charge in [-0.25, -0.2) is 4.79 Å². The fourth-order valence-electron chi connectivity index (χ4n) is 2.70. The van der Waals surface area contributed by atoms with E-state index in [2.05, 4.69) is 4.90 Å². The molecular weight excluding hydrogens is 326 g/mol. The Bertz CT molecular complexity index is 546. The lowest BCUT2D eigenvalue weighted by Gasteiger charge is -2.27. The van der Waals surface area contributed by atoms with Crippen LogP contribution in [0, 0.1) is 0 Å².